The summed E-state index contributed by atoms with van der Waals surface area (Å²) in [6.45, 7) is 3.24. The van der Waals surface area contributed by atoms with E-state index < -0.39 is 0 Å². The van der Waals surface area contributed by atoms with E-state index in [4.69, 9.17) is 4.74 Å². The fraction of sp³-hybridized carbons (Fsp3) is 1.00. The monoisotopic (exact) mass is 100 g/mol. The minimum Gasteiger partial charge on any atom is -0.373 e. The lowest BCUT2D eigenvalue weighted by molar-refractivity contribution is 0.423. The molecular weight excluding hydrogens is 92.1 g/mol. The summed E-state index contributed by atoms with van der Waals surface area (Å²) >= 11 is 0. The van der Waals surface area contributed by atoms with Crippen LogP contribution in [-0.2, 0) is 4.74 Å². The Morgan fingerprint density at radius 1 is 2.00 bits per heavy atom. The average molecular weight is 100 g/mol. The second-order valence-corrected chi connectivity index (χ2v) is 2.63. The SMILES string of the molecule is C[Si]CC1CO1. The van der Waals surface area contributed by atoms with Crippen LogP contribution in [0.3, 0.4) is 0 Å². The van der Waals surface area contributed by atoms with Crippen LogP contribution in [0.1, 0.15) is 0 Å². The zero-order valence-corrected chi connectivity index (χ0v) is 4.90. The zero-order chi connectivity index (χ0) is 4.41. The fourth-order valence-corrected chi connectivity index (χ4v) is 1.10. The minimum absolute atomic E-state index is 0.660. The van der Waals surface area contributed by atoms with Crippen LogP contribution in [0.25, 0.3) is 0 Å². The van der Waals surface area contributed by atoms with Crippen molar-refractivity contribution in [1.29, 1.82) is 0 Å². The van der Waals surface area contributed by atoms with Crippen LogP contribution >= 0.6 is 0 Å². The summed E-state index contributed by atoms with van der Waals surface area (Å²) in [5.41, 5.74) is 0. The van der Waals surface area contributed by atoms with Crippen molar-refractivity contribution in [2.45, 2.75) is 18.7 Å². The van der Waals surface area contributed by atoms with Gasteiger partial charge in [-0.2, -0.15) is 0 Å². The first-order chi connectivity index (χ1) is 2.93. The van der Waals surface area contributed by atoms with Gasteiger partial charge in [-0.3, -0.25) is 0 Å². The Hall–Kier alpha value is 0.177. The first-order valence-corrected chi connectivity index (χ1v) is 3.90. The molecule has 2 radical (unpaired) electrons. The number of rotatable bonds is 2. The third-order valence-corrected chi connectivity index (χ3v) is 1.70. The van der Waals surface area contributed by atoms with Crippen molar-refractivity contribution < 1.29 is 4.74 Å². The Labute approximate surface area is 40.5 Å². The Morgan fingerprint density at radius 2 is 2.67 bits per heavy atom. The molecule has 0 saturated carbocycles. The van der Waals surface area contributed by atoms with Gasteiger partial charge in [0.05, 0.1) is 12.7 Å². The molecule has 0 bridgehead atoms. The normalized spacial score (nSPS) is 30.5. The second-order valence-electron chi connectivity index (χ2n) is 1.51. The van der Waals surface area contributed by atoms with E-state index in [2.05, 4.69) is 6.55 Å². The van der Waals surface area contributed by atoms with Gasteiger partial charge in [0.2, 0.25) is 0 Å². The summed E-state index contributed by atoms with van der Waals surface area (Å²) in [6, 6.07) is 1.29. The largest absolute Gasteiger partial charge is 0.373 e. The van der Waals surface area contributed by atoms with Crippen molar-refractivity contribution in [3.05, 3.63) is 0 Å². The molecule has 0 aliphatic carbocycles. The minimum atomic E-state index is 0.660. The summed E-state index contributed by atoms with van der Waals surface area (Å²) in [5, 5.41) is 0. The van der Waals surface area contributed by atoms with Gasteiger partial charge in [0, 0.05) is 9.52 Å². The molecule has 0 aromatic heterocycles. The predicted molar refractivity (Wildman–Crippen MR) is 26.2 cm³/mol. The summed E-state index contributed by atoms with van der Waals surface area (Å²) < 4.78 is 4.96. The van der Waals surface area contributed by atoms with Gasteiger partial charge in [-0.1, -0.05) is 6.55 Å². The highest BCUT2D eigenvalue weighted by Crippen LogP contribution is 2.12. The average Bonchev–Trinajstić information content (AvgIpc) is 2.21. The Balaban J connectivity index is 1.88. The van der Waals surface area contributed by atoms with Crippen molar-refractivity contribution in [3.63, 3.8) is 0 Å². The summed E-state index contributed by atoms with van der Waals surface area (Å²) in [5.74, 6) is 0. The molecule has 0 N–H and O–H groups in total. The Morgan fingerprint density at radius 3 is 2.83 bits per heavy atom. The van der Waals surface area contributed by atoms with E-state index in [1.807, 2.05) is 0 Å². The van der Waals surface area contributed by atoms with Crippen LogP contribution in [0.4, 0.5) is 0 Å². The van der Waals surface area contributed by atoms with Crippen molar-refractivity contribution >= 4 is 9.52 Å². The van der Waals surface area contributed by atoms with Crippen molar-refractivity contribution in [2.75, 3.05) is 6.61 Å². The second kappa shape index (κ2) is 1.75. The molecule has 1 heterocycles. The lowest BCUT2D eigenvalue weighted by atomic mass is 10.6. The smallest absolute Gasteiger partial charge is 0.0782 e. The summed E-state index contributed by atoms with van der Waals surface area (Å²) in [6.07, 6.45) is 0.660. The van der Waals surface area contributed by atoms with Crippen LogP contribution < -0.4 is 0 Å². The molecule has 0 spiro atoms. The van der Waals surface area contributed by atoms with E-state index in [1.54, 1.807) is 0 Å². The van der Waals surface area contributed by atoms with Crippen LogP contribution in [0.2, 0.25) is 12.6 Å². The maximum atomic E-state index is 4.96. The van der Waals surface area contributed by atoms with Crippen LogP contribution in [-0.4, -0.2) is 22.2 Å². The molecule has 2 heteroatoms. The Bertz CT molecular complexity index is 42.8. The first-order valence-electron chi connectivity index (χ1n) is 2.19. The standard InChI is InChI=1S/C4H8OSi/c1-6-3-4-2-5-4/h4H,2-3H2,1H3. The topological polar surface area (TPSA) is 12.5 Å². The van der Waals surface area contributed by atoms with Gasteiger partial charge in [0.25, 0.3) is 0 Å². The molecule has 1 aliphatic rings. The van der Waals surface area contributed by atoms with Crippen molar-refractivity contribution in [3.8, 4) is 0 Å². The zero-order valence-electron chi connectivity index (χ0n) is 3.90. The molecule has 1 aliphatic heterocycles. The van der Waals surface area contributed by atoms with Crippen LogP contribution in [0, 0.1) is 0 Å². The third kappa shape index (κ3) is 1.10. The maximum absolute atomic E-state index is 4.96. The lowest BCUT2D eigenvalue weighted by Gasteiger charge is -1.78. The molecule has 1 unspecified atom stereocenters. The van der Waals surface area contributed by atoms with E-state index in [0.29, 0.717) is 6.10 Å². The summed E-state index contributed by atoms with van der Waals surface area (Å²) in [4.78, 5) is 0. The highest BCUT2D eigenvalue weighted by Gasteiger charge is 2.19. The van der Waals surface area contributed by atoms with E-state index >= 15 is 0 Å². The van der Waals surface area contributed by atoms with E-state index in [-0.39, 0.29) is 0 Å². The van der Waals surface area contributed by atoms with Gasteiger partial charge in [-0.25, -0.2) is 0 Å². The van der Waals surface area contributed by atoms with Crippen LogP contribution in [0.5, 0.6) is 0 Å². The van der Waals surface area contributed by atoms with Gasteiger partial charge in [0.1, 0.15) is 0 Å². The van der Waals surface area contributed by atoms with Gasteiger partial charge >= 0.3 is 0 Å². The number of hydrogen-bond donors (Lipinski definition) is 0. The van der Waals surface area contributed by atoms with Gasteiger partial charge in [-0.05, 0) is 6.04 Å². The van der Waals surface area contributed by atoms with Crippen molar-refractivity contribution in [2.24, 2.45) is 0 Å². The predicted octanol–water partition coefficient (Wildman–Crippen LogP) is 0.556. The molecule has 34 valence electrons. The number of hydrogen-bond acceptors (Lipinski definition) is 1. The lowest BCUT2D eigenvalue weighted by Crippen LogP contribution is -1.86. The molecule has 1 atom stereocenters. The maximum Gasteiger partial charge on any atom is 0.0782 e. The molecule has 1 fully saturated rings. The van der Waals surface area contributed by atoms with Crippen molar-refractivity contribution in [1.82, 2.24) is 0 Å². The molecular formula is C4H8OSi. The van der Waals surface area contributed by atoms with E-state index in [9.17, 15) is 0 Å². The van der Waals surface area contributed by atoms with E-state index in [0.717, 1.165) is 16.1 Å². The highest BCUT2D eigenvalue weighted by atomic mass is 28.2. The molecule has 6 heavy (non-hydrogen) atoms. The number of ether oxygens (including phenoxy) is 1. The van der Waals surface area contributed by atoms with Crippen LogP contribution in [0.15, 0.2) is 0 Å². The third-order valence-electron chi connectivity index (χ3n) is 0.834. The molecule has 1 saturated heterocycles. The quantitative estimate of drug-likeness (QED) is 0.365. The Kier molecular flexibility index (Phi) is 1.27. The molecule has 1 rings (SSSR count). The summed E-state index contributed by atoms with van der Waals surface area (Å²) in [7, 11) is 1.08. The molecule has 1 nitrogen and oxygen atoms in total. The molecule has 0 aromatic carbocycles. The fourth-order valence-electron chi connectivity index (χ4n) is 0.414. The van der Waals surface area contributed by atoms with Gasteiger partial charge < -0.3 is 4.74 Å². The number of epoxide rings is 1. The van der Waals surface area contributed by atoms with Gasteiger partial charge in [-0.15, -0.1) is 0 Å². The molecule has 0 amide bonds. The van der Waals surface area contributed by atoms with Gasteiger partial charge in [0.15, 0.2) is 0 Å². The highest BCUT2D eigenvalue weighted by molar-refractivity contribution is 6.33. The van der Waals surface area contributed by atoms with E-state index in [1.165, 1.54) is 6.04 Å². The first kappa shape index (κ1) is 4.34. The molecule has 0 aromatic rings.